The number of nitrogens with zero attached hydrogens (tertiary/aromatic N) is 2. The summed E-state index contributed by atoms with van der Waals surface area (Å²) in [5.41, 5.74) is 3.51. The molecule has 1 aliphatic rings. The second-order valence-corrected chi connectivity index (χ2v) is 8.30. The van der Waals surface area contributed by atoms with Gasteiger partial charge in [0.25, 0.3) is 0 Å². The number of piperazine rings is 1. The molecule has 1 N–H and O–H groups in total. The molecule has 0 saturated carbocycles. The van der Waals surface area contributed by atoms with E-state index in [0.717, 1.165) is 36.8 Å². The van der Waals surface area contributed by atoms with Crippen LogP contribution in [0.15, 0.2) is 48.5 Å². The molecule has 1 aliphatic heterocycles. The van der Waals surface area contributed by atoms with Crippen molar-refractivity contribution in [2.24, 2.45) is 0 Å². The van der Waals surface area contributed by atoms with Crippen LogP contribution in [0, 0.1) is 6.92 Å². The second-order valence-electron chi connectivity index (χ2n) is 7.86. The van der Waals surface area contributed by atoms with Gasteiger partial charge in [-0.05, 0) is 42.3 Å². The van der Waals surface area contributed by atoms with Gasteiger partial charge >= 0.3 is 6.03 Å². The standard InChI is InChI=1S/C22H28ClN3O/c1-17-5-4-6-20(15-17)25-11-13-26(14-12-25)21(27)24-16-22(2,3)18-7-9-19(23)10-8-18/h4-10,15H,11-14,16H2,1-3H3,(H,24,27). The molecule has 1 heterocycles. The van der Waals surface area contributed by atoms with Crippen LogP contribution in [0.1, 0.15) is 25.0 Å². The lowest BCUT2D eigenvalue weighted by molar-refractivity contribution is 0.192. The van der Waals surface area contributed by atoms with E-state index in [1.165, 1.54) is 11.3 Å². The Labute approximate surface area is 167 Å². The fourth-order valence-corrected chi connectivity index (χ4v) is 3.53. The summed E-state index contributed by atoms with van der Waals surface area (Å²) in [7, 11) is 0. The molecule has 1 fully saturated rings. The largest absolute Gasteiger partial charge is 0.368 e. The third-order valence-corrected chi connectivity index (χ3v) is 5.49. The maximum Gasteiger partial charge on any atom is 0.317 e. The minimum absolute atomic E-state index is 0.0148. The van der Waals surface area contributed by atoms with Crippen molar-refractivity contribution in [3.63, 3.8) is 0 Å². The molecule has 4 nitrogen and oxygen atoms in total. The maximum atomic E-state index is 12.6. The van der Waals surface area contributed by atoms with Crippen molar-refractivity contribution in [3.05, 3.63) is 64.7 Å². The molecule has 1 saturated heterocycles. The number of amides is 2. The quantitative estimate of drug-likeness (QED) is 0.843. The Morgan fingerprint density at radius 3 is 2.37 bits per heavy atom. The van der Waals surface area contributed by atoms with Crippen molar-refractivity contribution in [1.29, 1.82) is 0 Å². The third kappa shape index (κ3) is 4.95. The monoisotopic (exact) mass is 385 g/mol. The highest BCUT2D eigenvalue weighted by atomic mass is 35.5. The topological polar surface area (TPSA) is 35.6 Å². The zero-order chi connectivity index (χ0) is 19.4. The van der Waals surface area contributed by atoms with Crippen molar-refractivity contribution in [1.82, 2.24) is 10.2 Å². The van der Waals surface area contributed by atoms with Gasteiger partial charge in [0.1, 0.15) is 0 Å². The predicted molar refractivity (Wildman–Crippen MR) is 113 cm³/mol. The molecule has 0 atom stereocenters. The van der Waals surface area contributed by atoms with Crippen LogP contribution < -0.4 is 10.2 Å². The lowest BCUT2D eigenvalue weighted by Crippen LogP contribution is -2.53. The minimum atomic E-state index is -0.149. The number of carbonyl (C=O) groups excluding carboxylic acids is 1. The number of hydrogen-bond donors (Lipinski definition) is 1. The molecule has 0 bridgehead atoms. The van der Waals surface area contributed by atoms with Gasteiger partial charge in [-0.25, -0.2) is 4.79 Å². The SMILES string of the molecule is Cc1cccc(N2CCN(C(=O)NCC(C)(C)c3ccc(Cl)cc3)CC2)c1. The van der Waals surface area contributed by atoms with Crippen LogP contribution >= 0.6 is 11.6 Å². The fourth-order valence-electron chi connectivity index (χ4n) is 3.40. The number of nitrogens with one attached hydrogen (secondary N) is 1. The van der Waals surface area contributed by atoms with Gasteiger partial charge in [0.15, 0.2) is 0 Å². The van der Waals surface area contributed by atoms with Gasteiger partial charge in [-0.15, -0.1) is 0 Å². The highest BCUT2D eigenvalue weighted by molar-refractivity contribution is 6.30. The number of halogens is 1. The van der Waals surface area contributed by atoms with E-state index < -0.39 is 0 Å². The van der Waals surface area contributed by atoms with Crippen molar-refractivity contribution >= 4 is 23.3 Å². The Bertz CT molecular complexity index is 780. The Morgan fingerprint density at radius 1 is 1.07 bits per heavy atom. The molecule has 0 radical (unpaired) electrons. The molecule has 27 heavy (non-hydrogen) atoms. The number of hydrogen-bond acceptors (Lipinski definition) is 2. The molecule has 5 heteroatoms. The number of rotatable bonds is 4. The van der Waals surface area contributed by atoms with Crippen LogP contribution in [0.3, 0.4) is 0 Å². The van der Waals surface area contributed by atoms with Gasteiger partial charge in [-0.1, -0.05) is 49.7 Å². The Kier molecular flexibility index (Phi) is 5.95. The number of aryl methyl sites for hydroxylation is 1. The number of carbonyl (C=O) groups is 1. The average Bonchev–Trinajstić information content (AvgIpc) is 2.67. The zero-order valence-corrected chi connectivity index (χ0v) is 17.1. The van der Waals surface area contributed by atoms with E-state index in [1.54, 1.807) is 0 Å². The first-order chi connectivity index (χ1) is 12.8. The van der Waals surface area contributed by atoms with Gasteiger partial charge in [0.2, 0.25) is 0 Å². The molecule has 2 amide bonds. The summed E-state index contributed by atoms with van der Waals surface area (Å²) in [5, 5.41) is 3.83. The van der Waals surface area contributed by atoms with Crippen LogP contribution in [-0.2, 0) is 5.41 Å². The fraction of sp³-hybridized carbons (Fsp3) is 0.409. The minimum Gasteiger partial charge on any atom is -0.368 e. The van der Waals surface area contributed by atoms with Gasteiger partial charge in [-0.3, -0.25) is 0 Å². The molecule has 2 aromatic carbocycles. The van der Waals surface area contributed by atoms with E-state index in [2.05, 4.69) is 55.3 Å². The normalized spacial score (nSPS) is 15.0. The van der Waals surface area contributed by atoms with E-state index >= 15 is 0 Å². The Morgan fingerprint density at radius 2 is 1.74 bits per heavy atom. The third-order valence-electron chi connectivity index (χ3n) is 5.24. The summed E-state index contributed by atoms with van der Waals surface area (Å²) in [4.78, 5) is 16.9. The maximum absolute atomic E-state index is 12.6. The van der Waals surface area contributed by atoms with E-state index in [9.17, 15) is 4.79 Å². The number of benzene rings is 2. The first-order valence-electron chi connectivity index (χ1n) is 9.46. The Balaban J connectivity index is 1.51. The van der Waals surface area contributed by atoms with Crippen LogP contribution in [0.4, 0.5) is 10.5 Å². The lowest BCUT2D eigenvalue weighted by Gasteiger charge is -2.37. The molecule has 0 aliphatic carbocycles. The molecular formula is C22H28ClN3O. The number of urea groups is 1. The molecule has 3 rings (SSSR count). The highest BCUT2D eigenvalue weighted by Gasteiger charge is 2.25. The smallest absolute Gasteiger partial charge is 0.317 e. The highest BCUT2D eigenvalue weighted by Crippen LogP contribution is 2.24. The summed E-state index contributed by atoms with van der Waals surface area (Å²) in [6.07, 6.45) is 0. The van der Waals surface area contributed by atoms with Gasteiger partial charge in [0.05, 0.1) is 0 Å². The molecule has 0 spiro atoms. The lowest BCUT2D eigenvalue weighted by atomic mass is 9.85. The van der Waals surface area contributed by atoms with E-state index in [4.69, 9.17) is 11.6 Å². The summed E-state index contributed by atoms with van der Waals surface area (Å²) >= 11 is 5.98. The van der Waals surface area contributed by atoms with Crippen LogP contribution in [-0.4, -0.2) is 43.7 Å². The zero-order valence-electron chi connectivity index (χ0n) is 16.3. The van der Waals surface area contributed by atoms with Crippen LogP contribution in [0.2, 0.25) is 5.02 Å². The summed E-state index contributed by atoms with van der Waals surface area (Å²) in [6.45, 7) is 10.1. The molecule has 144 valence electrons. The Hall–Kier alpha value is -2.20. The first kappa shape index (κ1) is 19.6. The summed E-state index contributed by atoms with van der Waals surface area (Å²) in [5.74, 6) is 0. The van der Waals surface area contributed by atoms with Crippen molar-refractivity contribution in [2.75, 3.05) is 37.6 Å². The predicted octanol–water partition coefficient (Wildman–Crippen LogP) is 4.46. The van der Waals surface area contributed by atoms with E-state index in [0.29, 0.717) is 6.54 Å². The van der Waals surface area contributed by atoms with Gasteiger partial charge < -0.3 is 15.1 Å². The second kappa shape index (κ2) is 8.22. The molecule has 2 aromatic rings. The molecular weight excluding hydrogens is 358 g/mol. The van der Waals surface area contributed by atoms with Crippen molar-refractivity contribution in [2.45, 2.75) is 26.2 Å². The molecule has 0 aromatic heterocycles. The summed E-state index contributed by atoms with van der Waals surface area (Å²) < 4.78 is 0. The van der Waals surface area contributed by atoms with Crippen LogP contribution in [0.5, 0.6) is 0 Å². The van der Waals surface area contributed by atoms with Crippen molar-refractivity contribution in [3.8, 4) is 0 Å². The first-order valence-corrected chi connectivity index (χ1v) is 9.83. The summed E-state index contributed by atoms with van der Waals surface area (Å²) in [6, 6.07) is 16.4. The van der Waals surface area contributed by atoms with Gasteiger partial charge in [-0.2, -0.15) is 0 Å². The number of anilines is 1. The average molecular weight is 386 g/mol. The van der Waals surface area contributed by atoms with E-state index in [1.807, 2.05) is 29.2 Å². The van der Waals surface area contributed by atoms with E-state index in [-0.39, 0.29) is 11.4 Å². The molecule has 0 unspecified atom stereocenters. The van der Waals surface area contributed by atoms with Crippen molar-refractivity contribution < 1.29 is 4.79 Å². The van der Waals surface area contributed by atoms with Gasteiger partial charge in [0, 0.05) is 48.8 Å². The van der Waals surface area contributed by atoms with Crippen LogP contribution in [0.25, 0.3) is 0 Å².